The van der Waals surface area contributed by atoms with Crippen LogP contribution >= 0.6 is 11.3 Å². The fourth-order valence-corrected chi connectivity index (χ4v) is 2.59. The molecule has 0 aliphatic carbocycles. The molecular formula is C16H12N2OS. The molecule has 0 unspecified atom stereocenters. The van der Waals surface area contributed by atoms with Crippen LogP contribution in [0.15, 0.2) is 65.1 Å². The molecule has 1 heterocycles. The van der Waals surface area contributed by atoms with Gasteiger partial charge in [-0.3, -0.25) is 4.79 Å². The second-order valence-corrected chi connectivity index (χ2v) is 5.22. The fourth-order valence-electron chi connectivity index (χ4n) is 2.00. The Labute approximate surface area is 120 Å². The Balaban J connectivity index is 1.82. The van der Waals surface area contributed by atoms with Gasteiger partial charge in [0.1, 0.15) is 0 Å². The van der Waals surface area contributed by atoms with Gasteiger partial charge in [0.05, 0.1) is 6.21 Å². The van der Waals surface area contributed by atoms with Crippen molar-refractivity contribution >= 4 is 34.2 Å². The lowest BCUT2D eigenvalue weighted by molar-refractivity contribution is 0.0957. The minimum atomic E-state index is -0.199. The molecule has 0 spiro atoms. The van der Waals surface area contributed by atoms with Crippen LogP contribution in [-0.4, -0.2) is 12.1 Å². The van der Waals surface area contributed by atoms with Crippen molar-refractivity contribution < 1.29 is 4.79 Å². The molecule has 2 aromatic carbocycles. The highest BCUT2D eigenvalue weighted by atomic mass is 32.1. The summed E-state index contributed by atoms with van der Waals surface area (Å²) in [6, 6.07) is 17.4. The van der Waals surface area contributed by atoms with E-state index in [1.807, 2.05) is 53.9 Å². The Hall–Kier alpha value is -2.46. The van der Waals surface area contributed by atoms with Gasteiger partial charge in [-0.1, -0.05) is 42.5 Å². The summed E-state index contributed by atoms with van der Waals surface area (Å²) in [5.41, 5.74) is 3.20. The van der Waals surface area contributed by atoms with Crippen molar-refractivity contribution in [3.63, 3.8) is 0 Å². The molecule has 0 radical (unpaired) electrons. The lowest BCUT2D eigenvalue weighted by atomic mass is 10.0. The number of nitrogens with one attached hydrogen (secondary N) is 1. The van der Waals surface area contributed by atoms with Crippen LogP contribution in [0.3, 0.4) is 0 Å². The molecule has 98 valence electrons. The van der Waals surface area contributed by atoms with E-state index in [0.29, 0.717) is 5.56 Å². The van der Waals surface area contributed by atoms with Gasteiger partial charge in [-0.05, 0) is 28.3 Å². The number of rotatable bonds is 3. The van der Waals surface area contributed by atoms with Gasteiger partial charge in [-0.15, -0.1) is 11.3 Å². The first-order chi connectivity index (χ1) is 9.84. The summed E-state index contributed by atoms with van der Waals surface area (Å²) in [5.74, 6) is -0.199. The van der Waals surface area contributed by atoms with Crippen molar-refractivity contribution in [3.05, 3.63) is 70.4 Å². The fraction of sp³-hybridized carbons (Fsp3) is 0. The van der Waals surface area contributed by atoms with E-state index in [2.05, 4.69) is 10.5 Å². The highest BCUT2D eigenvalue weighted by Gasteiger charge is 2.08. The lowest BCUT2D eigenvalue weighted by Gasteiger charge is -2.04. The van der Waals surface area contributed by atoms with Crippen LogP contribution in [0.25, 0.3) is 10.8 Å². The van der Waals surface area contributed by atoms with Crippen molar-refractivity contribution in [2.45, 2.75) is 0 Å². The number of fused-ring (bicyclic) bond motifs is 1. The van der Waals surface area contributed by atoms with Gasteiger partial charge in [0.25, 0.3) is 5.91 Å². The molecule has 0 fully saturated rings. The van der Waals surface area contributed by atoms with Gasteiger partial charge < -0.3 is 0 Å². The predicted molar refractivity (Wildman–Crippen MR) is 83.3 cm³/mol. The molecule has 20 heavy (non-hydrogen) atoms. The SMILES string of the molecule is O=C(N/N=C/c1cccs1)c1cccc2ccccc12. The summed E-state index contributed by atoms with van der Waals surface area (Å²) in [7, 11) is 0. The van der Waals surface area contributed by atoms with Crippen LogP contribution in [0.4, 0.5) is 0 Å². The third-order valence-electron chi connectivity index (χ3n) is 2.94. The second kappa shape index (κ2) is 5.67. The molecule has 0 aliphatic heterocycles. The topological polar surface area (TPSA) is 41.5 Å². The Morgan fingerprint density at radius 1 is 1.05 bits per heavy atom. The number of carbonyl (C=O) groups excluding carboxylic acids is 1. The summed E-state index contributed by atoms with van der Waals surface area (Å²) >= 11 is 1.57. The highest BCUT2D eigenvalue weighted by Crippen LogP contribution is 2.18. The van der Waals surface area contributed by atoms with E-state index < -0.39 is 0 Å². The number of hydrazone groups is 1. The molecule has 1 aromatic heterocycles. The van der Waals surface area contributed by atoms with E-state index in [9.17, 15) is 4.79 Å². The molecule has 3 rings (SSSR count). The molecule has 4 heteroatoms. The van der Waals surface area contributed by atoms with Crippen LogP contribution < -0.4 is 5.43 Å². The number of hydrogen-bond donors (Lipinski definition) is 1. The Kier molecular flexibility index (Phi) is 3.56. The van der Waals surface area contributed by atoms with E-state index >= 15 is 0 Å². The zero-order valence-electron chi connectivity index (χ0n) is 10.6. The quantitative estimate of drug-likeness (QED) is 0.577. The van der Waals surface area contributed by atoms with Crippen LogP contribution in [0, 0.1) is 0 Å². The number of amides is 1. The number of nitrogens with zero attached hydrogens (tertiary/aromatic N) is 1. The zero-order chi connectivity index (χ0) is 13.8. The minimum absolute atomic E-state index is 0.199. The van der Waals surface area contributed by atoms with Gasteiger partial charge in [0, 0.05) is 10.4 Å². The zero-order valence-corrected chi connectivity index (χ0v) is 11.4. The van der Waals surface area contributed by atoms with Gasteiger partial charge in [0.2, 0.25) is 0 Å². The second-order valence-electron chi connectivity index (χ2n) is 4.24. The summed E-state index contributed by atoms with van der Waals surface area (Å²) in [4.78, 5) is 13.2. The van der Waals surface area contributed by atoms with Gasteiger partial charge in [-0.25, -0.2) is 5.43 Å². The molecule has 3 aromatic rings. The van der Waals surface area contributed by atoms with E-state index in [1.54, 1.807) is 23.6 Å². The van der Waals surface area contributed by atoms with Gasteiger partial charge in [0.15, 0.2) is 0 Å². The largest absolute Gasteiger partial charge is 0.271 e. The normalized spacial score (nSPS) is 11.0. The Morgan fingerprint density at radius 2 is 1.90 bits per heavy atom. The number of carbonyl (C=O) groups is 1. The first-order valence-corrected chi connectivity index (χ1v) is 7.07. The number of thiophene rings is 1. The molecule has 3 nitrogen and oxygen atoms in total. The number of benzene rings is 2. The van der Waals surface area contributed by atoms with Crippen molar-refractivity contribution in [3.8, 4) is 0 Å². The van der Waals surface area contributed by atoms with E-state index in [4.69, 9.17) is 0 Å². The maximum absolute atomic E-state index is 12.2. The van der Waals surface area contributed by atoms with Crippen LogP contribution in [0.2, 0.25) is 0 Å². The van der Waals surface area contributed by atoms with Crippen molar-refractivity contribution in [1.29, 1.82) is 0 Å². The molecule has 0 aliphatic rings. The van der Waals surface area contributed by atoms with Crippen molar-refractivity contribution in [2.24, 2.45) is 5.10 Å². The monoisotopic (exact) mass is 280 g/mol. The van der Waals surface area contributed by atoms with Gasteiger partial charge in [-0.2, -0.15) is 5.10 Å². The highest BCUT2D eigenvalue weighted by molar-refractivity contribution is 7.11. The number of hydrogen-bond acceptors (Lipinski definition) is 3. The van der Waals surface area contributed by atoms with E-state index in [1.165, 1.54) is 0 Å². The van der Waals surface area contributed by atoms with Crippen LogP contribution in [-0.2, 0) is 0 Å². The first-order valence-electron chi connectivity index (χ1n) is 6.19. The van der Waals surface area contributed by atoms with E-state index in [-0.39, 0.29) is 5.91 Å². The van der Waals surface area contributed by atoms with Crippen LogP contribution in [0.5, 0.6) is 0 Å². The average molecular weight is 280 g/mol. The molecule has 1 N–H and O–H groups in total. The summed E-state index contributed by atoms with van der Waals surface area (Å²) in [6.07, 6.45) is 1.65. The maximum Gasteiger partial charge on any atom is 0.271 e. The standard InChI is InChI=1S/C16H12N2OS/c19-16(18-17-11-13-7-4-10-20-13)15-9-3-6-12-5-1-2-8-14(12)15/h1-11H,(H,18,19)/b17-11+. The van der Waals surface area contributed by atoms with Gasteiger partial charge >= 0.3 is 0 Å². The summed E-state index contributed by atoms with van der Waals surface area (Å²) < 4.78 is 0. The summed E-state index contributed by atoms with van der Waals surface area (Å²) in [5, 5.41) is 7.92. The maximum atomic E-state index is 12.2. The third kappa shape index (κ3) is 2.60. The van der Waals surface area contributed by atoms with E-state index in [0.717, 1.165) is 15.6 Å². The third-order valence-corrected chi connectivity index (χ3v) is 3.74. The average Bonchev–Trinajstić information content (AvgIpc) is 3.00. The minimum Gasteiger partial charge on any atom is -0.267 e. The molecule has 0 saturated heterocycles. The first kappa shape index (κ1) is 12.6. The van der Waals surface area contributed by atoms with Crippen molar-refractivity contribution in [1.82, 2.24) is 5.43 Å². The Bertz CT molecular complexity index is 758. The predicted octanol–water partition coefficient (Wildman–Crippen LogP) is 3.67. The molecule has 0 atom stereocenters. The Morgan fingerprint density at radius 3 is 2.75 bits per heavy atom. The molecule has 1 amide bonds. The smallest absolute Gasteiger partial charge is 0.267 e. The molecule has 0 bridgehead atoms. The van der Waals surface area contributed by atoms with Crippen molar-refractivity contribution in [2.75, 3.05) is 0 Å². The molecular weight excluding hydrogens is 268 g/mol. The summed E-state index contributed by atoms with van der Waals surface area (Å²) in [6.45, 7) is 0. The molecule has 0 saturated carbocycles. The lowest BCUT2D eigenvalue weighted by Crippen LogP contribution is -2.17. The van der Waals surface area contributed by atoms with Crippen LogP contribution in [0.1, 0.15) is 15.2 Å².